The quantitative estimate of drug-likeness (QED) is 0.409. The molecule has 0 saturated heterocycles. The van der Waals surface area contributed by atoms with Crippen molar-refractivity contribution in [3.05, 3.63) is 67.2 Å². The van der Waals surface area contributed by atoms with Gasteiger partial charge in [-0.05, 0) is 56.8 Å². The predicted molar refractivity (Wildman–Crippen MR) is 100 cm³/mol. The Balaban J connectivity index is 2.21. The number of hydrogen-bond donors (Lipinski definition) is 0. The highest BCUT2D eigenvalue weighted by Crippen LogP contribution is 2.48. The zero-order chi connectivity index (χ0) is 15.0. The van der Waals surface area contributed by atoms with Crippen LogP contribution in [0.2, 0.25) is 0 Å². The molecule has 0 fully saturated rings. The van der Waals surface area contributed by atoms with E-state index in [1.165, 1.54) is 33.4 Å². The molecule has 3 heteroatoms. The Hall–Kier alpha value is -0.900. The van der Waals surface area contributed by atoms with Gasteiger partial charge in [-0.2, -0.15) is 0 Å². The second kappa shape index (κ2) is 6.07. The molecule has 1 aromatic heterocycles. The molecule has 0 amide bonds. The van der Waals surface area contributed by atoms with E-state index in [1.54, 1.807) is 11.3 Å². The van der Waals surface area contributed by atoms with E-state index < -0.39 is 0 Å². The number of benzene rings is 2. The smallest absolute Gasteiger partial charge is 0.0795 e. The fourth-order valence-corrected chi connectivity index (χ4v) is 5.61. The van der Waals surface area contributed by atoms with Gasteiger partial charge in [-0.15, -0.1) is 11.3 Å². The molecule has 106 valence electrons. The first-order valence-electron chi connectivity index (χ1n) is 6.68. The summed E-state index contributed by atoms with van der Waals surface area (Å²) in [6, 6.07) is 17.4. The van der Waals surface area contributed by atoms with Crippen molar-refractivity contribution in [2.24, 2.45) is 0 Å². The van der Waals surface area contributed by atoms with Gasteiger partial charge in [0.1, 0.15) is 0 Å². The third-order valence-corrected chi connectivity index (χ3v) is 6.03. The van der Waals surface area contributed by atoms with E-state index in [1.807, 2.05) is 0 Å². The van der Waals surface area contributed by atoms with Gasteiger partial charge in [-0.3, -0.25) is 0 Å². The Bertz CT molecular complexity index is 702. The van der Waals surface area contributed by atoms with Crippen molar-refractivity contribution in [1.82, 2.24) is 0 Å². The predicted octanol–water partition coefficient (Wildman–Crippen LogP) is 7.22. The minimum Gasteiger partial charge on any atom is -0.120 e. The van der Waals surface area contributed by atoms with Gasteiger partial charge >= 0.3 is 0 Å². The summed E-state index contributed by atoms with van der Waals surface area (Å²) in [7, 11) is 0. The largest absolute Gasteiger partial charge is 0.120 e. The fourth-order valence-electron chi connectivity index (χ4n) is 2.33. The molecule has 2 aromatic carbocycles. The third-order valence-electron chi connectivity index (χ3n) is 3.50. The molecular weight excluding hydrogens is 408 g/mol. The van der Waals surface area contributed by atoms with Crippen LogP contribution in [0.25, 0.3) is 22.3 Å². The van der Waals surface area contributed by atoms with Gasteiger partial charge in [0.15, 0.2) is 0 Å². The molecule has 0 radical (unpaired) electrons. The number of thiophene rings is 1. The lowest BCUT2D eigenvalue weighted by molar-refractivity contribution is 1.46. The van der Waals surface area contributed by atoms with Gasteiger partial charge in [0.05, 0.1) is 7.57 Å². The minimum atomic E-state index is 1.16. The second-order valence-corrected chi connectivity index (χ2v) is 8.79. The molecule has 0 unspecified atom stereocenters. The van der Waals surface area contributed by atoms with Gasteiger partial charge < -0.3 is 0 Å². The van der Waals surface area contributed by atoms with E-state index in [0.29, 0.717) is 0 Å². The van der Waals surface area contributed by atoms with Crippen molar-refractivity contribution in [2.75, 3.05) is 0 Å². The van der Waals surface area contributed by atoms with Crippen LogP contribution in [0, 0.1) is 13.8 Å². The highest BCUT2D eigenvalue weighted by atomic mass is 79.9. The average Bonchev–Trinajstić information content (AvgIpc) is 2.75. The summed E-state index contributed by atoms with van der Waals surface area (Å²) in [5, 5.41) is 0. The first kappa shape index (κ1) is 15.0. The SMILES string of the molecule is Cc1ccc(-c2c(Br)sc(Br)c2-c2ccc(C)cc2)cc1. The number of aryl methyl sites for hydroxylation is 2. The van der Waals surface area contributed by atoms with Crippen molar-refractivity contribution in [3.63, 3.8) is 0 Å². The maximum Gasteiger partial charge on any atom is 0.0795 e. The summed E-state index contributed by atoms with van der Waals surface area (Å²) in [5.41, 5.74) is 7.56. The lowest BCUT2D eigenvalue weighted by Crippen LogP contribution is -1.83. The second-order valence-electron chi connectivity index (χ2n) is 5.13. The van der Waals surface area contributed by atoms with E-state index in [0.717, 1.165) is 7.57 Å². The van der Waals surface area contributed by atoms with Crippen LogP contribution in [-0.2, 0) is 0 Å². The lowest BCUT2D eigenvalue weighted by Gasteiger charge is -2.08. The van der Waals surface area contributed by atoms with Crippen LogP contribution in [0.15, 0.2) is 56.1 Å². The maximum atomic E-state index is 3.72. The molecule has 0 aliphatic carbocycles. The van der Waals surface area contributed by atoms with Crippen LogP contribution < -0.4 is 0 Å². The van der Waals surface area contributed by atoms with Crippen LogP contribution in [0.4, 0.5) is 0 Å². The fraction of sp³-hybridized carbons (Fsp3) is 0.111. The first-order valence-corrected chi connectivity index (χ1v) is 9.08. The Morgan fingerprint density at radius 3 is 1.29 bits per heavy atom. The Morgan fingerprint density at radius 2 is 0.952 bits per heavy atom. The van der Waals surface area contributed by atoms with Crippen molar-refractivity contribution in [2.45, 2.75) is 13.8 Å². The first-order chi connectivity index (χ1) is 10.1. The molecule has 0 saturated carbocycles. The lowest BCUT2D eigenvalue weighted by atomic mass is 9.98. The van der Waals surface area contributed by atoms with Crippen molar-refractivity contribution in [3.8, 4) is 22.3 Å². The summed E-state index contributed by atoms with van der Waals surface area (Å²) >= 11 is 9.17. The van der Waals surface area contributed by atoms with Crippen LogP contribution in [0.5, 0.6) is 0 Å². The van der Waals surface area contributed by atoms with Gasteiger partial charge in [-0.25, -0.2) is 0 Å². The monoisotopic (exact) mass is 420 g/mol. The summed E-state index contributed by atoms with van der Waals surface area (Å²) in [4.78, 5) is 0. The van der Waals surface area contributed by atoms with Crippen molar-refractivity contribution >= 4 is 43.2 Å². The van der Waals surface area contributed by atoms with Crippen molar-refractivity contribution in [1.29, 1.82) is 0 Å². The minimum absolute atomic E-state index is 1.16. The van der Waals surface area contributed by atoms with Crippen LogP contribution in [-0.4, -0.2) is 0 Å². The molecular formula is C18H14Br2S. The number of rotatable bonds is 2. The summed E-state index contributed by atoms with van der Waals surface area (Å²) in [6.07, 6.45) is 0. The Labute approximate surface area is 146 Å². The molecule has 3 rings (SSSR count). The Kier molecular flexibility index (Phi) is 4.34. The highest BCUT2D eigenvalue weighted by Gasteiger charge is 2.18. The zero-order valence-electron chi connectivity index (χ0n) is 11.8. The highest BCUT2D eigenvalue weighted by molar-refractivity contribution is 9.12. The molecule has 1 heterocycles. The number of halogens is 2. The molecule has 0 aliphatic heterocycles. The van der Waals surface area contributed by atoms with E-state index in [4.69, 9.17) is 0 Å². The molecule has 0 atom stereocenters. The topological polar surface area (TPSA) is 0 Å². The van der Waals surface area contributed by atoms with E-state index in [-0.39, 0.29) is 0 Å². The van der Waals surface area contributed by atoms with Gasteiger partial charge in [-0.1, -0.05) is 59.7 Å². The maximum absolute atomic E-state index is 3.72. The molecule has 3 aromatic rings. The molecule has 0 N–H and O–H groups in total. The molecule has 0 bridgehead atoms. The summed E-state index contributed by atoms with van der Waals surface area (Å²) in [6.45, 7) is 4.23. The van der Waals surface area contributed by atoms with Gasteiger partial charge in [0.25, 0.3) is 0 Å². The van der Waals surface area contributed by atoms with E-state index >= 15 is 0 Å². The van der Waals surface area contributed by atoms with E-state index in [2.05, 4.69) is 94.2 Å². The van der Waals surface area contributed by atoms with Gasteiger partial charge in [0.2, 0.25) is 0 Å². The van der Waals surface area contributed by atoms with E-state index in [9.17, 15) is 0 Å². The molecule has 0 aliphatic rings. The Morgan fingerprint density at radius 1 is 0.619 bits per heavy atom. The number of hydrogen-bond acceptors (Lipinski definition) is 1. The zero-order valence-corrected chi connectivity index (χ0v) is 15.8. The van der Waals surface area contributed by atoms with Crippen LogP contribution >= 0.6 is 43.2 Å². The average molecular weight is 422 g/mol. The molecule has 0 spiro atoms. The van der Waals surface area contributed by atoms with Crippen molar-refractivity contribution < 1.29 is 0 Å². The van der Waals surface area contributed by atoms with Crippen LogP contribution in [0.3, 0.4) is 0 Å². The molecule has 21 heavy (non-hydrogen) atoms. The summed E-state index contributed by atoms with van der Waals surface area (Å²) < 4.78 is 2.32. The third kappa shape index (κ3) is 3.01. The molecule has 0 nitrogen and oxygen atoms in total. The standard InChI is InChI=1S/C18H14Br2S/c1-11-3-7-13(8-4-11)15-16(18(20)21-17(15)19)14-9-5-12(2)6-10-14/h3-10H,1-2H3. The normalized spacial score (nSPS) is 10.9. The van der Waals surface area contributed by atoms with Gasteiger partial charge in [0, 0.05) is 11.1 Å². The van der Waals surface area contributed by atoms with Crippen LogP contribution in [0.1, 0.15) is 11.1 Å². The summed E-state index contributed by atoms with van der Waals surface area (Å²) in [5.74, 6) is 0.